The van der Waals surface area contributed by atoms with Gasteiger partial charge in [0, 0.05) is 70.8 Å². The van der Waals surface area contributed by atoms with Gasteiger partial charge in [-0.25, -0.2) is 4.79 Å². The Morgan fingerprint density at radius 2 is 1.44 bits per heavy atom. The van der Waals surface area contributed by atoms with Gasteiger partial charge in [-0.2, -0.15) is 0 Å². The zero-order valence-corrected chi connectivity index (χ0v) is 31.3. The lowest BCUT2D eigenvalue weighted by atomic mass is 9.43. The highest BCUT2D eigenvalue weighted by atomic mass is 16.6. The Hall–Kier alpha value is -4.89. The summed E-state index contributed by atoms with van der Waals surface area (Å²) in [5, 5.41) is 13.2. The number of ether oxygens (including phenoxy) is 7. The van der Waals surface area contributed by atoms with Gasteiger partial charge in [-0.1, -0.05) is 43.8 Å². The second-order valence-electron chi connectivity index (χ2n) is 14.8. The highest BCUT2D eigenvalue weighted by molar-refractivity contribution is 5.91. The normalized spacial score (nSPS) is 36.9. The van der Waals surface area contributed by atoms with E-state index in [0.717, 1.165) is 34.6 Å². The quantitative estimate of drug-likeness (QED) is 0.167. The van der Waals surface area contributed by atoms with Gasteiger partial charge < -0.3 is 38.3 Å². The molecule has 292 valence electrons. The first-order valence-corrected chi connectivity index (χ1v) is 17.6. The molecule has 1 N–H and O–H groups in total. The van der Waals surface area contributed by atoms with E-state index in [1.54, 1.807) is 31.2 Å². The smallest absolute Gasteiger partial charge is 0.331 e. The highest BCUT2D eigenvalue weighted by Crippen LogP contribution is 2.67. The molecule has 1 unspecified atom stereocenters. The first-order valence-electron chi connectivity index (χ1n) is 17.6. The number of Topliss-reactive ketones (excluding diaryl/α,β-unsaturated/α-hetero) is 1. The molecule has 0 amide bonds. The maximum Gasteiger partial charge on any atom is 0.331 e. The maximum absolute atomic E-state index is 14.2. The van der Waals surface area contributed by atoms with Crippen molar-refractivity contribution in [3.05, 3.63) is 54.1 Å². The Balaban J connectivity index is 1.84. The largest absolute Gasteiger partial charge is 0.465 e. The van der Waals surface area contributed by atoms with Crippen LogP contribution in [0.3, 0.4) is 0 Å². The summed E-state index contributed by atoms with van der Waals surface area (Å²) >= 11 is 0. The molecule has 0 aromatic heterocycles. The van der Waals surface area contributed by atoms with Crippen LogP contribution in [-0.2, 0) is 66.7 Å². The molecule has 4 aliphatic rings. The van der Waals surface area contributed by atoms with Crippen molar-refractivity contribution in [1.29, 1.82) is 0 Å². The van der Waals surface area contributed by atoms with Crippen molar-refractivity contribution >= 4 is 47.7 Å². The standard InChI is InChI=1S/C39H46O15/c1-20-28(54-31(46)15-14-26-12-10-9-11-13-26)17-30(50-22(3)41)38(19-48-21(2)40)32(20)33(51-23(4)42)27-16-29(45)37(8)39(47,36(27,7)18-49-37)35(53-25(6)44)34(38)52-24(5)43/h9-15,27-28,30,32-35,47H,1,16-19H2,2-8H3/b15-14+/t27-,28-,30-,32-,33+,34-,35-,36?,37+,38+,39-/m0/s1. The second kappa shape index (κ2) is 14.7. The van der Waals surface area contributed by atoms with Gasteiger partial charge in [-0.15, -0.1) is 0 Å². The molecule has 1 saturated heterocycles. The van der Waals surface area contributed by atoms with Crippen molar-refractivity contribution in [2.75, 3.05) is 13.2 Å². The number of fused-ring (bicyclic) bond motifs is 1. The van der Waals surface area contributed by atoms with Crippen molar-refractivity contribution in [1.82, 2.24) is 0 Å². The lowest BCUT2D eigenvalue weighted by Gasteiger charge is -2.65. The van der Waals surface area contributed by atoms with E-state index in [-0.39, 0.29) is 25.0 Å². The van der Waals surface area contributed by atoms with Crippen molar-refractivity contribution in [2.45, 2.75) is 103 Å². The van der Waals surface area contributed by atoms with Gasteiger partial charge in [0.1, 0.15) is 30.5 Å². The first-order chi connectivity index (χ1) is 25.2. The fraction of sp³-hybridized carbons (Fsp3) is 0.564. The Labute approximate surface area is 312 Å². The molecule has 15 heteroatoms. The molecule has 3 aliphatic carbocycles. The van der Waals surface area contributed by atoms with Crippen molar-refractivity contribution in [3.63, 3.8) is 0 Å². The maximum atomic E-state index is 14.2. The van der Waals surface area contributed by atoms with Crippen LogP contribution in [-0.4, -0.2) is 102 Å². The highest BCUT2D eigenvalue weighted by Gasteiger charge is 2.83. The lowest BCUT2D eigenvalue weighted by Crippen LogP contribution is -2.81. The molecule has 15 nitrogen and oxygen atoms in total. The van der Waals surface area contributed by atoms with Crippen molar-refractivity contribution < 1.29 is 71.8 Å². The van der Waals surface area contributed by atoms with E-state index in [9.17, 15) is 38.7 Å². The fourth-order valence-electron chi connectivity index (χ4n) is 9.26. The summed E-state index contributed by atoms with van der Waals surface area (Å²) in [6, 6.07) is 8.90. The van der Waals surface area contributed by atoms with Crippen LogP contribution in [0.5, 0.6) is 0 Å². The van der Waals surface area contributed by atoms with Gasteiger partial charge in [0.2, 0.25) is 0 Å². The van der Waals surface area contributed by atoms with Gasteiger partial charge >= 0.3 is 35.8 Å². The molecule has 3 saturated carbocycles. The summed E-state index contributed by atoms with van der Waals surface area (Å²) in [7, 11) is 0. The number of esters is 6. The van der Waals surface area contributed by atoms with Crippen molar-refractivity contribution in [2.24, 2.45) is 22.7 Å². The molecule has 0 spiro atoms. The van der Waals surface area contributed by atoms with E-state index in [0.29, 0.717) is 5.56 Å². The first kappa shape index (κ1) is 40.3. The molecular weight excluding hydrogens is 708 g/mol. The van der Waals surface area contributed by atoms with Crippen LogP contribution in [0.25, 0.3) is 6.08 Å². The number of carbonyl (C=O) groups is 7. The fourth-order valence-corrected chi connectivity index (χ4v) is 9.26. The number of carbonyl (C=O) groups excluding carboxylic acids is 7. The number of aliphatic hydroxyl groups is 1. The predicted molar refractivity (Wildman–Crippen MR) is 184 cm³/mol. The number of benzene rings is 1. The molecule has 1 heterocycles. The molecule has 1 aromatic rings. The van der Waals surface area contributed by atoms with Crippen molar-refractivity contribution in [3.8, 4) is 0 Å². The van der Waals surface area contributed by atoms with Gasteiger partial charge in [0.25, 0.3) is 0 Å². The average molecular weight is 755 g/mol. The van der Waals surface area contributed by atoms with E-state index in [4.69, 9.17) is 33.2 Å². The van der Waals surface area contributed by atoms with E-state index in [1.165, 1.54) is 19.1 Å². The van der Waals surface area contributed by atoms with E-state index in [1.807, 2.05) is 6.07 Å². The van der Waals surface area contributed by atoms with Crippen LogP contribution in [0.1, 0.15) is 66.9 Å². The minimum absolute atomic E-state index is 0.0470. The topological polar surface area (TPSA) is 204 Å². The van der Waals surface area contributed by atoms with E-state index in [2.05, 4.69) is 6.58 Å². The van der Waals surface area contributed by atoms with Crippen LogP contribution >= 0.6 is 0 Å². The summed E-state index contributed by atoms with van der Waals surface area (Å²) in [5.41, 5.74) is -7.51. The zero-order chi connectivity index (χ0) is 40.0. The molecule has 11 atom stereocenters. The Morgan fingerprint density at radius 1 is 0.852 bits per heavy atom. The van der Waals surface area contributed by atoms with E-state index >= 15 is 0 Å². The molecule has 4 fully saturated rings. The minimum Gasteiger partial charge on any atom is -0.465 e. The minimum atomic E-state index is -2.51. The molecule has 5 rings (SSSR count). The lowest BCUT2D eigenvalue weighted by molar-refractivity contribution is -0.303. The van der Waals surface area contributed by atoms with Crippen LogP contribution in [0.15, 0.2) is 48.6 Å². The van der Waals surface area contributed by atoms with Crippen LogP contribution in [0.4, 0.5) is 0 Å². The molecule has 0 radical (unpaired) electrons. The number of hydrogen-bond acceptors (Lipinski definition) is 15. The third kappa shape index (κ3) is 6.61. The molecular formula is C39H46O15. The van der Waals surface area contributed by atoms with Crippen LogP contribution < -0.4 is 0 Å². The third-order valence-electron chi connectivity index (χ3n) is 11.6. The van der Waals surface area contributed by atoms with Crippen LogP contribution in [0.2, 0.25) is 0 Å². The predicted octanol–water partition coefficient (Wildman–Crippen LogP) is 2.59. The SMILES string of the molecule is C=C1[C@@H](OC(=O)/C=C/c2ccccc2)C[C@H](OC(C)=O)[C@@]2(COC(C)=O)[C@@H](OC(C)=O)[C@H](OC(C)=O)[C@]3(O)C4(C)CO[C@]3(C)C(=O)C[C@H]4[C@@H](OC(C)=O)[C@H]12. The number of hydrogen-bond donors (Lipinski definition) is 1. The third-order valence-corrected chi connectivity index (χ3v) is 11.6. The molecule has 4 bridgehead atoms. The summed E-state index contributed by atoms with van der Waals surface area (Å²) in [4.78, 5) is 92.6. The number of ketones is 1. The molecule has 1 aliphatic heterocycles. The van der Waals surface area contributed by atoms with Gasteiger partial charge in [-0.05, 0) is 24.1 Å². The average Bonchev–Trinajstić information content (AvgIpc) is 3.22. The number of rotatable bonds is 9. The monoisotopic (exact) mass is 754 g/mol. The van der Waals surface area contributed by atoms with E-state index < -0.39 is 113 Å². The summed E-state index contributed by atoms with van der Waals surface area (Å²) in [6.45, 7) is 11.5. The summed E-state index contributed by atoms with van der Waals surface area (Å²) < 4.78 is 41.8. The van der Waals surface area contributed by atoms with Gasteiger partial charge in [0.05, 0.1) is 12.0 Å². The zero-order valence-electron chi connectivity index (χ0n) is 31.3. The van der Waals surface area contributed by atoms with Gasteiger partial charge in [-0.3, -0.25) is 28.8 Å². The summed E-state index contributed by atoms with van der Waals surface area (Å²) in [5.74, 6) is -8.51. The van der Waals surface area contributed by atoms with Crippen LogP contribution in [0, 0.1) is 22.7 Å². The Bertz CT molecular complexity index is 1770. The molecule has 54 heavy (non-hydrogen) atoms. The second-order valence-corrected chi connectivity index (χ2v) is 14.8. The molecule has 1 aromatic carbocycles. The Morgan fingerprint density at radius 3 is 2.02 bits per heavy atom. The summed E-state index contributed by atoms with van der Waals surface area (Å²) in [6.07, 6.45) is -6.20. The Kier molecular flexibility index (Phi) is 11.0. The van der Waals surface area contributed by atoms with Gasteiger partial charge in [0.15, 0.2) is 23.6 Å².